The molecule has 18 heavy (non-hydrogen) atoms. The number of sulfone groups is 1. The number of nitrogens with two attached hydrogens (primary N) is 1. The zero-order chi connectivity index (χ0) is 14.0. The molecule has 0 aliphatic heterocycles. The predicted octanol–water partition coefficient (Wildman–Crippen LogP) is 2.22. The van der Waals surface area contributed by atoms with Crippen LogP contribution in [0.15, 0.2) is 29.2 Å². The lowest BCUT2D eigenvalue weighted by atomic mass is 10.2. The van der Waals surface area contributed by atoms with E-state index in [1.165, 1.54) is 0 Å². The van der Waals surface area contributed by atoms with Gasteiger partial charge in [0.15, 0.2) is 9.84 Å². The van der Waals surface area contributed by atoms with E-state index in [4.69, 9.17) is 5.73 Å². The highest BCUT2D eigenvalue weighted by Crippen LogP contribution is 2.30. The van der Waals surface area contributed by atoms with Gasteiger partial charge in [-0.2, -0.15) is 13.2 Å². The van der Waals surface area contributed by atoms with Gasteiger partial charge in [0.2, 0.25) is 0 Å². The molecule has 0 bridgehead atoms. The Kier molecular flexibility index (Phi) is 4.39. The van der Waals surface area contributed by atoms with Crippen molar-refractivity contribution in [3.63, 3.8) is 0 Å². The molecule has 1 unspecified atom stereocenters. The highest BCUT2D eigenvalue weighted by Gasteiger charge is 2.31. The standard InChI is InChI=1S/C11H14F3NO2S/c1-2-9(7-15)18(16,17)10-5-3-8(4-6-10)11(12,13)14/h3-6,9H,2,7,15H2,1H3. The topological polar surface area (TPSA) is 60.2 Å². The van der Waals surface area contributed by atoms with Gasteiger partial charge in [-0.3, -0.25) is 0 Å². The van der Waals surface area contributed by atoms with E-state index in [0.29, 0.717) is 6.42 Å². The van der Waals surface area contributed by atoms with Crippen LogP contribution in [-0.4, -0.2) is 20.2 Å². The molecule has 0 amide bonds. The Balaban J connectivity index is 3.13. The number of alkyl halides is 3. The molecule has 0 fully saturated rings. The fourth-order valence-corrected chi connectivity index (χ4v) is 3.13. The minimum absolute atomic E-state index is 0.0557. The van der Waals surface area contributed by atoms with Crippen LogP contribution in [0, 0.1) is 0 Å². The third-order valence-electron chi connectivity index (χ3n) is 2.67. The Morgan fingerprint density at radius 2 is 1.72 bits per heavy atom. The first-order chi connectivity index (χ1) is 8.23. The molecule has 0 spiro atoms. The van der Waals surface area contributed by atoms with Gasteiger partial charge in [-0.25, -0.2) is 8.42 Å². The number of rotatable bonds is 4. The molecule has 0 saturated carbocycles. The Morgan fingerprint density at radius 3 is 2.06 bits per heavy atom. The summed E-state index contributed by atoms with van der Waals surface area (Å²) in [6, 6.07) is 3.46. The van der Waals surface area contributed by atoms with Gasteiger partial charge in [-0.1, -0.05) is 6.92 Å². The lowest BCUT2D eigenvalue weighted by molar-refractivity contribution is -0.137. The molecule has 0 aliphatic carbocycles. The number of halogens is 3. The average molecular weight is 281 g/mol. The van der Waals surface area contributed by atoms with Gasteiger partial charge < -0.3 is 5.73 Å². The van der Waals surface area contributed by atoms with E-state index in [2.05, 4.69) is 0 Å². The van der Waals surface area contributed by atoms with Crippen molar-refractivity contribution in [2.24, 2.45) is 5.73 Å². The number of hydrogen-bond donors (Lipinski definition) is 1. The van der Waals surface area contributed by atoms with Crippen LogP contribution >= 0.6 is 0 Å². The fraction of sp³-hybridized carbons (Fsp3) is 0.455. The van der Waals surface area contributed by atoms with Crippen molar-refractivity contribution < 1.29 is 21.6 Å². The minimum atomic E-state index is -4.47. The van der Waals surface area contributed by atoms with Crippen LogP contribution in [0.5, 0.6) is 0 Å². The van der Waals surface area contributed by atoms with Crippen molar-refractivity contribution in [3.05, 3.63) is 29.8 Å². The zero-order valence-electron chi connectivity index (χ0n) is 9.74. The average Bonchev–Trinajstić information content (AvgIpc) is 2.29. The molecule has 0 aromatic heterocycles. The first kappa shape index (κ1) is 15.0. The normalized spacial score (nSPS) is 14.5. The fourth-order valence-electron chi connectivity index (χ4n) is 1.54. The summed E-state index contributed by atoms with van der Waals surface area (Å²) in [4.78, 5) is -0.132. The van der Waals surface area contributed by atoms with Crippen molar-refractivity contribution >= 4 is 9.84 Å². The van der Waals surface area contributed by atoms with Gasteiger partial charge in [-0.15, -0.1) is 0 Å². The lowest BCUT2D eigenvalue weighted by Crippen LogP contribution is -2.29. The van der Waals surface area contributed by atoms with Crippen LogP contribution in [-0.2, 0) is 16.0 Å². The molecule has 0 radical (unpaired) electrons. The number of benzene rings is 1. The monoisotopic (exact) mass is 281 g/mol. The lowest BCUT2D eigenvalue weighted by Gasteiger charge is -2.14. The Labute approximate surface area is 104 Å². The SMILES string of the molecule is CCC(CN)S(=O)(=O)c1ccc(C(F)(F)F)cc1. The molecule has 2 N–H and O–H groups in total. The van der Waals surface area contributed by atoms with E-state index in [9.17, 15) is 21.6 Å². The molecule has 7 heteroatoms. The molecular weight excluding hydrogens is 267 g/mol. The molecule has 0 saturated heterocycles. The zero-order valence-corrected chi connectivity index (χ0v) is 10.6. The minimum Gasteiger partial charge on any atom is -0.329 e. The molecule has 1 aromatic rings. The molecule has 1 aromatic carbocycles. The summed E-state index contributed by atoms with van der Waals surface area (Å²) < 4.78 is 61.0. The summed E-state index contributed by atoms with van der Waals surface area (Å²) in [6.45, 7) is 1.61. The maximum absolute atomic E-state index is 12.3. The second-order valence-corrected chi connectivity index (χ2v) is 6.06. The van der Waals surface area contributed by atoms with Crippen molar-refractivity contribution in [2.45, 2.75) is 29.7 Å². The highest BCUT2D eigenvalue weighted by molar-refractivity contribution is 7.92. The number of hydrogen-bond acceptors (Lipinski definition) is 3. The van der Waals surface area contributed by atoms with Crippen LogP contribution < -0.4 is 5.73 Å². The van der Waals surface area contributed by atoms with E-state index >= 15 is 0 Å². The summed E-state index contributed by atoms with van der Waals surface area (Å²) in [5.41, 5.74) is 4.47. The Hall–Kier alpha value is -1.08. The predicted molar refractivity (Wildman–Crippen MR) is 61.8 cm³/mol. The van der Waals surface area contributed by atoms with E-state index in [0.717, 1.165) is 24.3 Å². The third kappa shape index (κ3) is 3.02. The summed E-state index contributed by atoms with van der Waals surface area (Å²) >= 11 is 0. The molecule has 0 heterocycles. The van der Waals surface area contributed by atoms with Gasteiger partial charge in [0, 0.05) is 6.54 Å². The van der Waals surface area contributed by atoms with Crippen molar-refractivity contribution in [2.75, 3.05) is 6.54 Å². The molecule has 0 aliphatic rings. The van der Waals surface area contributed by atoms with Crippen LogP contribution in [0.3, 0.4) is 0 Å². The first-order valence-corrected chi connectivity index (χ1v) is 6.89. The Morgan fingerprint density at radius 1 is 1.22 bits per heavy atom. The highest BCUT2D eigenvalue weighted by atomic mass is 32.2. The molecule has 1 atom stereocenters. The van der Waals surface area contributed by atoms with E-state index in [1.807, 2.05) is 0 Å². The van der Waals surface area contributed by atoms with E-state index in [-0.39, 0.29) is 11.4 Å². The van der Waals surface area contributed by atoms with Crippen LogP contribution in [0.4, 0.5) is 13.2 Å². The van der Waals surface area contributed by atoms with E-state index < -0.39 is 26.8 Å². The van der Waals surface area contributed by atoms with Crippen LogP contribution in [0.25, 0.3) is 0 Å². The molecule has 1 rings (SSSR count). The largest absolute Gasteiger partial charge is 0.416 e. The second kappa shape index (κ2) is 5.27. The van der Waals surface area contributed by atoms with E-state index in [1.54, 1.807) is 6.92 Å². The third-order valence-corrected chi connectivity index (χ3v) is 5.00. The van der Waals surface area contributed by atoms with Crippen molar-refractivity contribution in [1.29, 1.82) is 0 Å². The smallest absolute Gasteiger partial charge is 0.329 e. The van der Waals surface area contributed by atoms with Gasteiger partial charge in [-0.05, 0) is 30.7 Å². The van der Waals surface area contributed by atoms with Crippen molar-refractivity contribution in [1.82, 2.24) is 0 Å². The van der Waals surface area contributed by atoms with Gasteiger partial charge >= 0.3 is 6.18 Å². The summed E-state index contributed by atoms with van der Waals surface area (Å²) in [5.74, 6) is 0. The maximum atomic E-state index is 12.3. The van der Waals surface area contributed by atoms with Crippen LogP contribution in [0.1, 0.15) is 18.9 Å². The van der Waals surface area contributed by atoms with Gasteiger partial charge in [0.1, 0.15) is 0 Å². The quantitative estimate of drug-likeness (QED) is 0.920. The molecule has 3 nitrogen and oxygen atoms in total. The van der Waals surface area contributed by atoms with Crippen LogP contribution in [0.2, 0.25) is 0 Å². The maximum Gasteiger partial charge on any atom is 0.416 e. The summed E-state index contributed by atoms with van der Waals surface area (Å²) in [5, 5.41) is -0.769. The van der Waals surface area contributed by atoms with Gasteiger partial charge in [0.05, 0.1) is 15.7 Å². The molecule has 102 valence electrons. The second-order valence-electron chi connectivity index (χ2n) is 3.83. The first-order valence-electron chi connectivity index (χ1n) is 5.34. The Bertz CT molecular complexity index is 490. The summed E-state index contributed by atoms with van der Waals surface area (Å²) in [7, 11) is -3.66. The molecular formula is C11H14F3NO2S. The summed E-state index contributed by atoms with van der Waals surface area (Å²) in [6.07, 6.45) is -4.15. The van der Waals surface area contributed by atoms with Crippen molar-refractivity contribution in [3.8, 4) is 0 Å². The van der Waals surface area contributed by atoms with Gasteiger partial charge in [0.25, 0.3) is 0 Å².